The molecule has 2 aliphatic rings. The quantitative estimate of drug-likeness (QED) is 0.686. The molecule has 1 aliphatic heterocycles. The summed E-state index contributed by atoms with van der Waals surface area (Å²) in [6.07, 6.45) is 5.73. The van der Waals surface area contributed by atoms with Gasteiger partial charge in [0.2, 0.25) is 0 Å². The van der Waals surface area contributed by atoms with E-state index in [2.05, 4.69) is 5.10 Å². The van der Waals surface area contributed by atoms with Crippen LogP contribution in [0.15, 0.2) is 40.1 Å². The van der Waals surface area contributed by atoms with Crippen LogP contribution >= 0.6 is 22.7 Å². The van der Waals surface area contributed by atoms with Crippen molar-refractivity contribution in [1.82, 2.24) is 5.01 Å². The molecular formula is C20H22N2O3S2. The summed E-state index contributed by atoms with van der Waals surface area (Å²) in [4.78, 5) is 27.2. The van der Waals surface area contributed by atoms with E-state index in [1.807, 2.05) is 35.0 Å². The molecule has 0 spiro atoms. The molecule has 27 heavy (non-hydrogen) atoms. The first-order valence-corrected chi connectivity index (χ1v) is 11.1. The van der Waals surface area contributed by atoms with Gasteiger partial charge in [-0.3, -0.25) is 9.59 Å². The zero-order chi connectivity index (χ0) is 18.6. The first-order valence-electron chi connectivity index (χ1n) is 9.36. The van der Waals surface area contributed by atoms with Crippen LogP contribution in [0.1, 0.15) is 54.3 Å². The molecular weight excluding hydrogens is 380 g/mol. The van der Waals surface area contributed by atoms with Gasteiger partial charge in [0.25, 0.3) is 5.91 Å². The number of esters is 1. The number of hydrogen-bond acceptors (Lipinski definition) is 6. The number of carbonyl (C=O) groups excluding carboxylic acids is 2. The third-order valence-corrected chi connectivity index (χ3v) is 7.01. The van der Waals surface area contributed by atoms with E-state index >= 15 is 0 Å². The van der Waals surface area contributed by atoms with Crippen LogP contribution in [-0.4, -0.2) is 29.2 Å². The second kappa shape index (κ2) is 8.35. The van der Waals surface area contributed by atoms with E-state index < -0.39 is 0 Å². The van der Waals surface area contributed by atoms with Gasteiger partial charge in [-0.25, -0.2) is 5.01 Å². The Morgan fingerprint density at radius 1 is 1.11 bits per heavy atom. The summed E-state index contributed by atoms with van der Waals surface area (Å²) in [6.45, 7) is -0.238. The first kappa shape index (κ1) is 18.4. The molecule has 0 radical (unpaired) electrons. The third-order valence-electron chi connectivity index (χ3n) is 5.12. The maximum atomic E-state index is 12.8. The van der Waals surface area contributed by atoms with Crippen molar-refractivity contribution >= 4 is 40.3 Å². The van der Waals surface area contributed by atoms with Crippen LogP contribution in [0.2, 0.25) is 0 Å². The first-order chi connectivity index (χ1) is 13.2. The fourth-order valence-corrected chi connectivity index (χ4v) is 5.22. The summed E-state index contributed by atoms with van der Waals surface area (Å²) in [7, 11) is 0. The number of rotatable bonds is 5. The SMILES string of the molecule is O=C(OCC(=O)N1N=C(c2cccs2)C[C@H]1c1cccs1)C1CCCCC1. The van der Waals surface area contributed by atoms with Gasteiger partial charge in [0.05, 0.1) is 22.5 Å². The zero-order valence-electron chi connectivity index (χ0n) is 15.0. The van der Waals surface area contributed by atoms with Gasteiger partial charge in [0.15, 0.2) is 6.61 Å². The summed E-state index contributed by atoms with van der Waals surface area (Å²) < 4.78 is 5.35. The molecule has 0 saturated heterocycles. The maximum absolute atomic E-state index is 12.8. The Balaban J connectivity index is 1.44. The van der Waals surface area contributed by atoms with Gasteiger partial charge < -0.3 is 4.74 Å². The van der Waals surface area contributed by atoms with Crippen LogP contribution < -0.4 is 0 Å². The lowest BCUT2D eigenvalue weighted by Crippen LogP contribution is -2.32. The molecule has 0 bridgehead atoms. The summed E-state index contributed by atoms with van der Waals surface area (Å²) >= 11 is 3.24. The van der Waals surface area contributed by atoms with E-state index in [0.717, 1.165) is 41.1 Å². The van der Waals surface area contributed by atoms with Gasteiger partial charge in [0.1, 0.15) is 0 Å². The second-order valence-corrected chi connectivity index (χ2v) is 8.87. The highest BCUT2D eigenvalue weighted by molar-refractivity contribution is 7.12. The van der Waals surface area contributed by atoms with Crippen LogP contribution in [0.3, 0.4) is 0 Å². The molecule has 1 aliphatic carbocycles. The molecule has 0 aromatic carbocycles. The largest absolute Gasteiger partial charge is 0.455 e. The number of thiophene rings is 2. The highest BCUT2D eigenvalue weighted by Gasteiger charge is 2.34. The fraction of sp³-hybridized carbons (Fsp3) is 0.450. The molecule has 1 fully saturated rings. The van der Waals surface area contributed by atoms with Crippen molar-refractivity contribution < 1.29 is 14.3 Å². The highest BCUT2D eigenvalue weighted by atomic mass is 32.1. The molecule has 1 amide bonds. The molecule has 2 aromatic rings. The Labute approximate surface area is 166 Å². The van der Waals surface area contributed by atoms with E-state index in [4.69, 9.17) is 4.74 Å². The minimum Gasteiger partial charge on any atom is -0.455 e. The van der Waals surface area contributed by atoms with E-state index in [1.165, 1.54) is 11.4 Å². The number of carbonyl (C=O) groups is 2. The standard InChI is InChI=1S/C20H22N2O3S2/c23-19(13-25-20(24)14-6-2-1-3-7-14)22-16(18-9-5-11-27-18)12-15(21-22)17-8-4-10-26-17/h4-5,8-11,14,16H,1-3,6-7,12-13H2/t16-/m0/s1. The smallest absolute Gasteiger partial charge is 0.309 e. The highest BCUT2D eigenvalue weighted by Crippen LogP contribution is 2.36. The lowest BCUT2D eigenvalue weighted by atomic mass is 9.89. The molecule has 0 N–H and O–H groups in total. The number of ether oxygens (including phenoxy) is 1. The number of hydrazone groups is 1. The Morgan fingerprint density at radius 2 is 1.89 bits per heavy atom. The van der Waals surface area contributed by atoms with Crippen molar-refractivity contribution in [2.75, 3.05) is 6.61 Å². The van der Waals surface area contributed by atoms with Gasteiger partial charge in [-0.15, -0.1) is 22.7 Å². The average molecular weight is 403 g/mol. The van der Waals surface area contributed by atoms with Crippen LogP contribution in [0.25, 0.3) is 0 Å². The Bertz CT molecular complexity index is 808. The third kappa shape index (κ3) is 4.14. The molecule has 2 aromatic heterocycles. The molecule has 1 saturated carbocycles. The van der Waals surface area contributed by atoms with Crippen molar-refractivity contribution in [2.45, 2.75) is 44.6 Å². The van der Waals surface area contributed by atoms with E-state index in [-0.39, 0.29) is 30.4 Å². The molecule has 7 heteroatoms. The van der Waals surface area contributed by atoms with Gasteiger partial charge in [-0.2, -0.15) is 5.10 Å². The fourth-order valence-electron chi connectivity index (χ4n) is 3.69. The summed E-state index contributed by atoms with van der Waals surface area (Å²) in [5.41, 5.74) is 0.912. The van der Waals surface area contributed by atoms with Crippen molar-refractivity contribution in [1.29, 1.82) is 0 Å². The summed E-state index contributed by atoms with van der Waals surface area (Å²) in [6, 6.07) is 7.89. The van der Waals surface area contributed by atoms with E-state index in [1.54, 1.807) is 22.7 Å². The van der Waals surface area contributed by atoms with Crippen LogP contribution in [0.4, 0.5) is 0 Å². The average Bonchev–Trinajstić information content (AvgIpc) is 3.46. The Morgan fingerprint density at radius 3 is 2.59 bits per heavy atom. The zero-order valence-corrected chi connectivity index (χ0v) is 16.6. The van der Waals surface area contributed by atoms with Gasteiger partial charge in [-0.05, 0) is 35.7 Å². The van der Waals surface area contributed by atoms with Crippen molar-refractivity contribution in [3.8, 4) is 0 Å². The predicted octanol–water partition coefficient (Wildman–Crippen LogP) is 4.61. The van der Waals surface area contributed by atoms with Gasteiger partial charge in [-0.1, -0.05) is 31.4 Å². The maximum Gasteiger partial charge on any atom is 0.309 e. The predicted molar refractivity (Wildman–Crippen MR) is 107 cm³/mol. The van der Waals surface area contributed by atoms with E-state index in [0.29, 0.717) is 6.42 Å². The van der Waals surface area contributed by atoms with Crippen molar-refractivity contribution in [3.63, 3.8) is 0 Å². The summed E-state index contributed by atoms with van der Waals surface area (Å²) in [5, 5.41) is 10.1. The van der Waals surface area contributed by atoms with Crippen molar-refractivity contribution in [3.05, 3.63) is 44.8 Å². The summed E-state index contributed by atoms with van der Waals surface area (Å²) in [5.74, 6) is -0.551. The minimum atomic E-state index is -0.260. The van der Waals surface area contributed by atoms with Gasteiger partial charge >= 0.3 is 5.97 Å². The van der Waals surface area contributed by atoms with Crippen LogP contribution in [0.5, 0.6) is 0 Å². The molecule has 142 valence electrons. The minimum absolute atomic E-state index is 0.0524. The van der Waals surface area contributed by atoms with Crippen molar-refractivity contribution in [2.24, 2.45) is 11.0 Å². The molecule has 3 heterocycles. The second-order valence-electron chi connectivity index (χ2n) is 6.94. The van der Waals surface area contributed by atoms with Gasteiger partial charge in [0, 0.05) is 11.3 Å². The molecule has 1 atom stereocenters. The topological polar surface area (TPSA) is 59.0 Å². The van der Waals surface area contributed by atoms with Crippen LogP contribution in [-0.2, 0) is 14.3 Å². The van der Waals surface area contributed by atoms with Crippen LogP contribution in [0, 0.1) is 5.92 Å². The lowest BCUT2D eigenvalue weighted by molar-refractivity contribution is -0.157. The number of nitrogens with zero attached hydrogens (tertiary/aromatic N) is 2. The molecule has 5 nitrogen and oxygen atoms in total. The number of hydrogen-bond donors (Lipinski definition) is 0. The Kier molecular flexibility index (Phi) is 5.69. The Hall–Kier alpha value is -1.99. The molecule has 0 unspecified atom stereocenters. The van der Waals surface area contributed by atoms with E-state index in [9.17, 15) is 9.59 Å². The molecule has 4 rings (SSSR count). The number of amides is 1. The monoisotopic (exact) mass is 402 g/mol. The normalized spacial score (nSPS) is 20.5. The lowest BCUT2D eigenvalue weighted by Gasteiger charge is -2.22.